The highest BCUT2D eigenvalue weighted by Gasteiger charge is 2.08. The van der Waals surface area contributed by atoms with Crippen molar-refractivity contribution in [3.05, 3.63) is 36.0 Å². The van der Waals surface area contributed by atoms with Crippen LogP contribution in [0.3, 0.4) is 0 Å². The largest absolute Gasteiger partial charge is 0.492 e. The van der Waals surface area contributed by atoms with Gasteiger partial charge >= 0.3 is 0 Å². The molecule has 0 aliphatic heterocycles. The average Bonchev–Trinajstić information content (AvgIpc) is 2.80. The van der Waals surface area contributed by atoms with Crippen molar-refractivity contribution in [1.82, 2.24) is 14.7 Å². The summed E-state index contributed by atoms with van der Waals surface area (Å²) in [6.07, 6.45) is 1.96. The first-order valence-electron chi connectivity index (χ1n) is 6.70. The summed E-state index contributed by atoms with van der Waals surface area (Å²) >= 11 is 0. The van der Waals surface area contributed by atoms with E-state index in [1.165, 1.54) is 0 Å². The topological polar surface area (TPSA) is 56.3 Å². The monoisotopic (exact) mass is 274 g/mol. The number of likely N-dealkylation sites (N-methyl/N-ethyl adjacent to an activating group) is 1. The molecule has 0 amide bonds. The zero-order valence-corrected chi connectivity index (χ0v) is 12.3. The highest BCUT2D eigenvalue weighted by molar-refractivity contribution is 5.63. The van der Waals surface area contributed by atoms with Crippen LogP contribution in [0.2, 0.25) is 0 Å². The van der Waals surface area contributed by atoms with Gasteiger partial charge < -0.3 is 15.4 Å². The molecule has 0 radical (unpaired) electrons. The maximum absolute atomic E-state index is 5.74. The lowest BCUT2D eigenvalue weighted by molar-refractivity contribution is 0.261. The predicted octanol–water partition coefficient (Wildman–Crippen LogP) is 1.49. The van der Waals surface area contributed by atoms with E-state index in [1.807, 2.05) is 51.6 Å². The molecule has 0 aliphatic carbocycles. The first-order valence-corrected chi connectivity index (χ1v) is 6.70. The van der Waals surface area contributed by atoms with Crippen LogP contribution in [0.5, 0.6) is 5.75 Å². The third-order valence-electron chi connectivity index (χ3n) is 3.06. The van der Waals surface area contributed by atoms with Gasteiger partial charge in [0.2, 0.25) is 0 Å². The van der Waals surface area contributed by atoms with Crippen LogP contribution in [0.15, 0.2) is 30.5 Å². The maximum Gasteiger partial charge on any atom is 0.119 e. The average molecular weight is 274 g/mol. The van der Waals surface area contributed by atoms with Gasteiger partial charge in [-0.3, -0.25) is 4.68 Å². The second-order valence-electron chi connectivity index (χ2n) is 5.06. The number of aromatic nitrogens is 2. The van der Waals surface area contributed by atoms with Crippen LogP contribution in [0.25, 0.3) is 11.3 Å². The molecule has 108 valence electrons. The fourth-order valence-corrected chi connectivity index (χ4v) is 1.99. The number of nitrogens with zero attached hydrogens (tertiary/aromatic N) is 3. The van der Waals surface area contributed by atoms with Crippen molar-refractivity contribution in [3.63, 3.8) is 0 Å². The van der Waals surface area contributed by atoms with Gasteiger partial charge in [0.1, 0.15) is 12.4 Å². The smallest absolute Gasteiger partial charge is 0.119 e. The van der Waals surface area contributed by atoms with Crippen molar-refractivity contribution in [1.29, 1.82) is 0 Å². The Balaban J connectivity index is 2.07. The summed E-state index contributed by atoms with van der Waals surface area (Å²) in [6.45, 7) is 2.08. The fraction of sp³-hybridized carbons (Fsp3) is 0.400. The van der Waals surface area contributed by atoms with Crippen LogP contribution in [-0.4, -0.2) is 41.9 Å². The van der Waals surface area contributed by atoms with E-state index in [2.05, 4.69) is 10.00 Å². The second-order valence-corrected chi connectivity index (χ2v) is 5.06. The Morgan fingerprint density at radius 2 is 1.95 bits per heavy atom. The van der Waals surface area contributed by atoms with Gasteiger partial charge in [-0.1, -0.05) is 0 Å². The molecular formula is C15H22N4O. The number of aryl methyl sites for hydroxylation is 1. The minimum atomic E-state index is 0.490. The predicted molar refractivity (Wildman–Crippen MR) is 80.6 cm³/mol. The van der Waals surface area contributed by atoms with E-state index in [1.54, 1.807) is 4.68 Å². The third-order valence-corrected chi connectivity index (χ3v) is 3.06. The second kappa shape index (κ2) is 6.54. The molecule has 0 bridgehead atoms. The first-order chi connectivity index (χ1) is 9.60. The van der Waals surface area contributed by atoms with Crippen LogP contribution in [0, 0.1) is 0 Å². The molecule has 20 heavy (non-hydrogen) atoms. The standard InChI is InChI=1S/C15H22N4O/c1-18(2)8-9-20-14-6-4-12(5-7-14)15-13(10-16)11-19(3)17-15/h4-7,11H,8-10,16H2,1-3H3. The van der Waals surface area contributed by atoms with Crippen molar-refractivity contribution >= 4 is 0 Å². The van der Waals surface area contributed by atoms with Crippen molar-refractivity contribution in [2.75, 3.05) is 27.2 Å². The van der Waals surface area contributed by atoms with E-state index < -0.39 is 0 Å². The van der Waals surface area contributed by atoms with Crippen molar-refractivity contribution in [2.45, 2.75) is 6.54 Å². The van der Waals surface area contributed by atoms with Gasteiger partial charge in [0.25, 0.3) is 0 Å². The summed E-state index contributed by atoms with van der Waals surface area (Å²) < 4.78 is 7.47. The molecule has 2 aromatic rings. The molecule has 5 nitrogen and oxygen atoms in total. The van der Waals surface area contributed by atoms with Gasteiger partial charge in [-0.05, 0) is 38.4 Å². The quantitative estimate of drug-likeness (QED) is 0.867. The van der Waals surface area contributed by atoms with Gasteiger partial charge in [0.15, 0.2) is 0 Å². The van der Waals surface area contributed by atoms with Gasteiger partial charge in [0.05, 0.1) is 5.69 Å². The maximum atomic E-state index is 5.74. The van der Waals surface area contributed by atoms with Crippen LogP contribution >= 0.6 is 0 Å². The molecule has 0 aliphatic rings. The highest BCUT2D eigenvalue weighted by atomic mass is 16.5. The first kappa shape index (κ1) is 14.6. The highest BCUT2D eigenvalue weighted by Crippen LogP contribution is 2.24. The zero-order chi connectivity index (χ0) is 14.5. The Morgan fingerprint density at radius 1 is 1.25 bits per heavy atom. The van der Waals surface area contributed by atoms with Crippen LogP contribution < -0.4 is 10.5 Å². The molecule has 2 N–H and O–H groups in total. The van der Waals surface area contributed by atoms with Gasteiger partial charge in [-0.15, -0.1) is 0 Å². The van der Waals surface area contributed by atoms with Gasteiger partial charge in [-0.2, -0.15) is 5.10 Å². The van der Waals surface area contributed by atoms with Crippen molar-refractivity contribution < 1.29 is 4.74 Å². The summed E-state index contributed by atoms with van der Waals surface area (Å²) in [5.41, 5.74) is 8.79. The Morgan fingerprint density at radius 3 is 2.55 bits per heavy atom. The van der Waals surface area contributed by atoms with E-state index in [0.717, 1.165) is 29.1 Å². The van der Waals surface area contributed by atoms with Gasteiger partial charge in [0, 0.05) is 37.5 Å². The van der Waals surface area contributed by atoms with E-state index >= 15 is 0 Å². The molecule has 0 fully saturated rings. The molecule has 1 aromatic heterocycles. The molecule has 5 heteroatoms. The molecule has 0 atom stereocenters. The number of rotatable bonds is 6. The zero-order valence-electron chi connectivity index (χ0n) is 12.3. The van der Waals surface area contributed by atoms with E-state index in [0.29, 0.717) is 13.2 Å². The van der Waals surface area contributed by atoms with Crippen molar-refractivity contribution in [2.24, 2.45) is 12.8 Å². The number of benzene rings is 1. The molecule has 1 heterocycles. The molecule has 0 saturated carbocycles. The lowest BCUT2D eigenvalue weighted by atomic mass is 10.1. The Kier molecular flexibility index (Phi) is 4.76. The van der Waals surface area contributed by atoms with E-state index in [9.17, 15) is 0 Å². The number of nitrogens with two attached hydrogens (primary N) is 1. The molecule has 2 rings (SSSR count). The minimum absolute atomic E-state index is 0.490. The summed E-state index contributed by atoms with van der Waals surface area (Å²) in [5.74, 6) is 0.876. The third kappa shape index (κ3) is 3.59. The van der Waals surface area contributed by atoms with Crippen LogP contribution in [0.4, 0.5) is 0 Å². The summed E-state index contributed by atoms with van der Waals surface area (Å²) in [7, 11) is 5.96. The van der Waals surface area contributed by atoms with Gasteiger partial charge in [-0.25, -0.2) is 0 Å². The summed E-state index contributed by atoms with van der Waals surface area (Å²) in [5, 5.41) is 4.46. The Labute approximate surface area is 119 Å². The number of hydrogen-bond acceptors (Lipinski definition) is 4. The fourth-order valence-electron chi connectivity index (χ4n) is 1.99. The molecular weight excluding hydrogens is 252 g/mol. The molecule has 1 aromatic carbocycles. The Bertz CT molecular complexity index is 546. The number of ether oxygens (including phenoxy) is 1. The van der Waals surface area contributed by atoms with Crippen molar-refractivity contribution in [3.8, 4) is 17.0 Å². The summed E-state index contributed by atoms with van der Waals surface area (Å²) in [4.78, 5) is 2.09. The van der Waals surface area contributed by atoms with Crippen LogP contribution in [0.1, 0.15) is 5.56 Å². The molecule has 0 unspecified atom stereocenters. The van der Waals surface area contributed by atoms with E-state index in [4.69, 9.17) is 10.5 Å². The number of hydrogen-bond donors (Lipinski definition) is 1. The SMILES string of the molecule is CN(C)CCOc1ccc(-c2nn(C)cc2CN)cc1. The minimum Gasteiger partial charge on any atom is -0.492 e. The Hall–Kier alpha value is -1.85. The van der Waals surface area contributed by atoms with Crippen LogP contribution in [-0.2, 0) is 13.6 Å². The lowest BCUT2D eigenvalue weighted by Crippen LogP contribution is -2.19. The molecule has 0 spiro atoms. The lowest BCUT2D eigenvalue weighted by Gasteiger charge is -2.11. The van der Waals surface area contributed by atoms with E-state index in [-0.39, 0.29) is 0 Å². The summed E-state index contributed by atoms with van der Waals surface area (Å²) in [6, 6.07) is 7.99. The molecule has 0 saturated heterocycles. The normalized spacial score (nSPS) is 11.1.